The first-order valence-electron chi connectivity index (χ1n) is 10.3. The van der Waals surface area contributed by atoms with Crippen molar-refractivity contribution in [2.45, 2.75) is 26.3 Å². The highest BCUT2D eigenvalue weighted by Crippen LogP contribution is 2.27. The van der Waals surface area contributed by atoms with Gasteiger partial charge in [0.15, 0.2) is 5.82 Å². The first-order chi connectivity index (χ1) is 14.8. The second-order valence-corrected chi connectivity index (χ2v) is 10.1. The maximum atomic E-state index is 12.4. The van der Waals surface area contributed by atoms with Gasteiger partial charge in [-0.15, -0.1) is 0 Å². The van der Waals surface area contributed by atoms with Crippen LogP contribution in [-0.2, 0) is 10.0 Å². The van der Waals surface area contributed by atoms with E-state index in [2.05, 4.69) is 23.0 Å². The van der Waals surface area contributed by atoms with Gasteiger partial charge in [-0.25, -0.2) is 23.4 Å². The third-order valence-electron chi connectivity index (χ3n) is 6.00. The molecule has 1 aliphatic rings. The molecule has 1 fully saturated rings. The van der Waals surface area contributed by atoms with Gasteiger partial charge in [-0.1, -0.05) is 6.92 Å². The van der Waals surface area contributed by atoms with E-state index in [1.54, 1.807) is 46.4 Å². The molecular formula is C21H25N7O2S. The number of anilines is 1. The first-order valence-corrected chi connectivity index (χ1v) is 11.9. The topological polar surface area (TPSA) is 107 Å². The summed E-state index contributed by atoms with van der Waals surface area (Å²) in [5.41, 5.74) is 1.92. The number of sulfonamides is 1. The van der Waals surface area contributed by atoms with Crippen molar-refractivity contribution in [3.05, 3.63) is 42.4 Å². The van der Waals surface area contributed by atoms with Gasteiger partial charge >= 0.3 is 0 Å². The fourth-order valence-electron chi connectivity index (χ4n) is 4.01. The zero-order valence-corrected chi connectivity index (χ0v) is 18.6. The molecule has 0 unspecified atom stereocenters. The smallest absolute Gasteiger partial charge is 0.213 e. The summed E-state index contributed by atoms with van der Waals surface area (Å²) in [6, 6.07) is 7.47. The van der Waals surface area contributed by atoms with Gasteiger partial charge < -0.3 is 4.90 Å². The minimum absolute atomic E-state index is 0.00482. The minimum atomic E-state index is -3.23. The average molecular weight is 440 g/mol. The predicted octanol–water partition coefficient (Wildman–Crippen LogP) is 2.16. The normalized spacial score (nSPS) is 19.9. The van der Waals surface area contributed by atoms with Crippen molar-refractivity contribution < 1.29 is 8.42 Å². The van der Waals surface area contributed by atoms with Crippen LogP contribution in [0.2, 0.25) is 0 Å². The van der Waals surface area contributed by atoms with Gasteiger partial charge in [-0.3, -0.25) is 4.40 Å². The lowest BCUT2D eigenvalue weighted by atomic mass is 9.93. The quantitative estimate of drug-likeness (QED) is 0.599. The number of aromatic nitrogens is 4. The van der Waals surface area contributed by atoms with E-state index < -0.39 is 10.0 Å². The van der Waals surface area contributed by atoms with Crippen LogP contribution in [0.15, 0.2) is 36.8 Å². The molecule has 0 amide bonds. The summed E-state index contributed by atoms with van der Waals surface area (Å²) in [4.78, 5) is 15.6. The molecule has 3 aromatic rings. The highest BCUT2D eigenvalue weighted by atomic mass is 32.2. The van der Waals surface area contributed by atoms with Crippen molar-refractivity contribution in [2.24, 2.45) is 5.92 Å². The molecule has 0 saturated carbocycles. The molecule has 0 aromatic carbocycles. The number of rotatable bonds is 5. The van der Waals surface area contributed by atoms with E-state index in [4.69, 9.17) is 4.98 Å². The summed E-state index contributed by atoms with van der Waals surface area (Å²) in [7, 11) is -1.29. The second kappa shape index (κ2) is 8.24. The number of nitriles is 1. The largest absolute Gasteiger partial charge is 0.355 e. The minimum Gasteiger partial charge on any atom is -0.355 e. The maximum absolute atomic E-state index is 12.4. The monoisotopic (exact) mass is 439 g/mol. The average Bonchev–Trinajstić information content (AvgIpc) is 3.22. The molecule has 3 aromatic heterocycles. The Hall–Kier alpha value is -3.03. The predicted molar refractivity (Wildman–Crippen MR) is 118 cm³/mol. The zero-order chi connectivity index (χ0) is 22.2. The molecule has 4 rings (SSSR count). The lowest BCUT2D eigenvalue weighted by molar-refractivity contribution is 0.247. The standard InChI is InChI=1S/C21H25N7O2S/c1-4-31(29,30)27-10-8-15(2)18(14-27)26(3)20-7-9-23-21(25-20)17-12-24-19-6-5-16(11-22)13-28(17)19/h5-7,9,12-13,15,18H,4,8,10,14H2,1-3H3/t15-,18+/m1/s1. The van der Waals surface area contributed by atoms with E-state index in [0.717, 1.165) is 6.42 Å². The highest BCUT2D eigenvalue weighted by Gasteiger charge is 2.34. The van der Waals surface area contributed by atoms with E-state index in [1.165, 1.54) is 0 Å². The van der Waals surface area contributed by atoms with Gasteiger partial charge in [-0.2, -0.15) is 9.57 Å². The molecule has 0 bridgehead atoms. The van der Waals surface area contributed by atoms with Gasteiger partial charge in [0.1, 0.15) is 23.2 Å². The van der Waals surface area contributed by atoms with Gasteiger partial charge in [0.25, 0.3) is 0 Å². The number of hydrogen-bond acceptors (Lipinski definition) is 7. The Morgan fingerprint density at radius 2 is 2.10 bits per heavy atom. The zero-order valence-electron chi connectivity index (χ0n) is 17.8. The Morgan fingerprint density at radius 3 is 2.84 bits per heavy atom. The van der Waals surface area contributed by atoms with Gasteiger partial charge in [-0.05, 0) is 37.5 Å². The Morgan fingerprint density at radius 1 is 1.29 bits per heavy atom. The number of likely N-dealkylation sites (N-methyl/N-ethyl adjacent to an activating group) is 1. The molecule has 2 atom stereocenters. The van der Waals surface area contributed by atoms with Crippen molar-refractivity contribution in [3.8, 4) is 17.6 Å². The third-order valence-corrected chi connectivity index (χ3v) is 7.85. The van der Waals surface area contributed by atoms with Crippen LogP contribution in [0.25, 0.3) is 17.2 Å². The fraction of sp³-hybridized carbons (Fsp3) is 0.429. The first kappa shape index (κ1) is 21.2. The van der Waals surface area contributed by atoms with Crippen LogP contribution in [0, 0.1) is 17.2 Å². The lowest BCUT2D eigenvalue weighted by Crippen LogP contribution is -2.53. The molecule has 4 heterocycles. The van der Waals surface area contributed by atoms with Gasteiger partial charge in [0.05, 0.1) is 17.5 Å². The number of fused-ring (bicyclic) bond motifs is 1. The summed E-state index contributed by atoms with van der Waals surface area (Å²) in [6.07, 6.45) is 5.90. The molecule has 31 heavy (non-hydrogen) atoms. The Bertz CT molecular complexity index is 1250. The van der Waals surface area contributed by atoms with Gasteiger partial charge in [0, 0.05) is 38.6 Å². The summed E-state index contributed by atoms with van der Waals surface area (Å²) < 4.78 is 28.2. The van der Waals surface area contributed by atoms with Gasteiger partial charge in [0.2, 0.25) is 10.0 Å². The van der Waals surface area contributed by atoms with Crippen molar-refractivity contribution in [2.75, 3.05) is 30.8 Å². The van der Waals surface area contributed by atoms with Crippen LogP contribution in [0.4, 0.5) is 5.82 Å². The molecule has 0 radical (unpaired) electrons. The highest BCUT2D eigenvalue weighted by molar-refractivity contribution is 7.89. The summed E-state index contributed by atoms with van der Waals surface area (Å²) in [5.74, 6) is 1.63. The Kier molecular flexibility index (Phi) is 5.64. The maximum Gasteiger partial charge on any atom is 0.213 e. The van der Waals surface area contributed by atoms with E-state index in [9.17, 15) is 13.7 Å². The summed E-state index contributed by atoms with van der Waals surface area (Å²) in [5, 5.41) is 9.21. The molecule has 0 aliphatic carbocycles. The number of piperidine rings is 1. The molecule has 0 spiro atoms. The van der Waals surface area contributed by atoms with E-state index in [0.29, 0.717) is 47.6 Å². The van der Waals surface area contributed by atoms with Crippen molar-refractivity contribution in [1.82, 2.24) is 23.7 Å². The molecular weight excluding hydrogens is 414 g/mol. The van der Waals surface area contributed by atoms with Crippen LogP contribution >= 0.6 is 0 Å². The van der Waals surface area contributed by atoms with Crippen molar-refractivity contribution in [1.29, 1.82) is 5.26 Å². The van der Waals surface area contributed by atoms with Crippen LogP contribution in [-0.4, -0.2) is 64.0 Å². The summed E-state index contributed by atoms with van der Waals surface area (Å²) in [6.45, 7) is 4.82. The van der Waals surface area contributed by atoms with E-state index in [-0.39, 0.29) is 11.8 Å². The van der Waals surface area contributed by atoms with E-state index >= 15 is 0 Å². The fourth-order valence-corrected chi connectivity index (χ4v) is 5.14. The Labute approximate surface area is 182 Å². The number of pyridine rings is 1. The molecule has 10 heteroatoms. The molecule has 1 saturated heterocycles. The Balaban J connectivity index is 1.66. The van der Waals surface area contributed by atoms with Crippen LogP contribution in [0.5, 0.6) is 0 Å². The molecule has 1 aliphatic heterocycles. The van der Waals surface area contributed by atoms with Crippen LogP contribution < -0.4 is 4.90 Å². The van der Waals surface area contributed by atoms with E-state index in [1.807, 2.05) is 18.0 Å². The molecule has 162 valence electrons. The number of hydrogen-bond donors (Lipinski definition) is 0. The summed E-state index contributed by atoms with van der Waals surface area (Å²) >= 11 is 0. The van der Waals surface area contributed by atoms with Crippen LogP contribution in [0.3, 0.4) is 0 Å². The lowest BCUT2D eigenvalue weighted by Gasteiger charge is -2.41. The van der Waals surface area contributed by atoms with Crippen molar-refractivity contribution >= 4 is 21.5 Å². The SMILES string of the molecule is CCS(=O)(=O)N1CC[C@@H](C)[C@@H](N(C)c2ccnc(-c3cnc4ccc(C#N)cn34)n2)C1. The molecule has 0 N–H and O–H groups in total. The van der Waals surface area contributed by atoms with Crippen molar-refractivity contribution in [3.63, 3.8) is 0 Å². The number of nitrogens with zero attached hydrogens (tertiary/aromatic N) is 7. The number of imidazole rings is 1. The second-order valence-electron chi connectivity index (χ2n) is 7.84. The van der Waals surface area contributed by atoms with Crippen LogP contribution in [0.1, 0.15) is 25.8 Å². The third kappa shape index (κ3) is 3.98. The molecule has 9 nitrogen and oxygen atoms in total.